The molecule has 0 unspecified atom stereocenters. The Bertz CT molecular complexity index is 553. The SMILES string of the molecule is CCCCCCCCC#C[Te+](c1ccccc1)c1ccccc1. The first kappa shape index (κ1) is 18.1. The molecule has 0 aliphatic carbocycles. The molecule has 0 aliphatic rings. The van der Waals surface area contributed by atoms with E-state index in [0.29, 0.717) is 0 Å². The van der Waals surface area contributed by atoms with Gasteiger partial charge in [-0.2, -0.15) is 0 Å². The topological polar surface area (TPSA) is 0 Å². The third-order valence-corrected chi connectivity index (χ3v) is 9.03. The Morgan fingerprint density at radius 1 is 0.696 bits per heavy atom. The van der Waals surface area contributed by atoms with Gasteiger partial charge in [0.25, 0.3) is 0 Å². The molecule has 0 aliphatic heterocycles. The summed E-state index contributed by atoms with van der Waals surface area (Å²) in [7, 11) is 0. The molecule has 2 aromatic rings. The molecule has 0 aromatic heterocycles. The molecule has 0 saturated carbocycles. The fourth-order valence-corrected chi connectivity index (χ4v) is 7.09. The molecular weight excluding hydrogens is 392 g/mol. The van der Waals surface area contributed by atoms with Gasteiger partial charge in [0.2, 0.25) is 0 Å². The molecule has 0 atom stereocenters. The molecule has 0 fully saturated rings. The van der Waals surface area contributed by atoms with E-state index in [2.05, 4.69) is 77.5 Å². The molecule has 0 heterocycles. The molecule has 0 radical (unpaired) electrons. The van der Waals surface area contributed by atoms with Crippen LogP contribution in [0, 0.1) is 9.89 Å². The Morgan fingerprint density at radius 3 is 1.78 bits per heavy atom. The van der Waals surface area contributed by atoms with Crippen molar-refractivity contribution in [2.75, 3.05) is 0 Å². The monoisotopic (exact) mass is 421 g/mol. The van der Waals surface area contributed by atoms with E-state index in [1.54, 1.807) is 0 Å². The van der Waals surface area contributed by atoms with Gasteiger partial charge < -0.3 is 0 Å². The number of unbranched alkanes of at least 4 members (excludes halogenated alkanes) is 6. The summed E-state index contributed by atoms with van der Waals surface area (Å²) in [4.78, 5) is 0. The first-order valence-electron chi connectivity index (χ1n) is 8.74. The summed E-state index contributed by atoms with van der Waals surface area (Å²) in [6.07, 6.45) is 9.11. The molecule has 0 bridgehead atoms. The third kappa shape index (κ3) is 6.83. The van der Waals surface area contributed by atoms with Gasteiger partial charge in [-0.15, -0.1) is 0 Å². The van der Waals surface area contributed by atoms with Gasteiger partial charge in [0.15, 0.2) is 0 Å². The molecule has 120 valence electrons. The van der Waals surface area contributed by atoms with Gasteiger partial charge in [-0.05, 0) is 0 Å². The predicted octanol–water partition coefficient (Wildman–Crippen LogP) is 4.59. The summed E-state index contributed by atoms with van der Waals surface area (Å²) < 4.78 is 6.59. The Kier molecular flexibility index (Phi) is 8.94. The minimum atomic E-state index is -1.73. The molecule has 0 saturated heterocycles. The van der Waals surface area contributed by atoms with Crippen LogP contribution < -0.4 is 7.22 Å². The van der Waals surface area contributed by atoms with Crippen LogP contribution in [-0.2, 0) is 0 Å². The fourth-order valence-electron chi connectivity index (χ4n) is 2.48. The molecule has 23 heavy (non-hydrogen) atoms. The van der Waals surface area contributed by atoms with Gasteiger partial charge in [0, 0.05) is 0 Å². The van der Waals surface area contributed by atoms with Crippen molar-refractivity contribution in [3.8, 4) is 9.89 Å². The maximum atomic E-state index is 3.67. The van der Waals surface area contributed by atoms with Gasteiger partial charge in [0.05, 0.1) is 0 Å². The minimum absolute atomic E-state index is 1.06. The van der Waals surface area contributed by atoms with Crippen LogP contribution in [0.1, 0.15) is 51.9 Å². The van der Waals surface area contributed by atoms with Gasteiger partial charge in [-0.3, -0.25) is 0 Å². The van der Waals surface area contributed by atoms with E-state index in [-0.39, 0.29) is 0 Å². The average Bonchev–Trinajstić information content (AvgIpc) is 2.62. The van der Waals surface area contributed by atoms with Crippen molar-refractivity contribution in [3.05, 3.63) is 60.7 Å². The second-order valence-corrected chi connectivity index (χ2v) is 10.8. The van der Waals surface area contributed by atoms with Crippen molar-refractivity contribution < 1.29 is 0 Å². The molecule has 0 nitrogen and oxygen atoms in total. The Morgan fingerprint density at radius 2 is 1.22 bits per heavy atom. The van der Waals surface area contributed by atoms with Crippen molar-refractivity contribution >= 4 is 26.8 Å². The van der Waals surface area contributed by atoms with E-state index in [9.17, 15) is 0 Å². The first-order valence-corrected chi connectivity index (χ1v) is 12.2. The fraction of sp³-hybridized carbons (Fsp3) is 0.364. The van der Waals surface area contributed by atoms with E-state index in [4.69, 9.17) is 0 Å². The van der Waals surface area contributed by atoms with Gasteiger partial charge in [-0.1, -0.05) is 0 Å². The van der Waals surface area contributed by atoms with E-state index in [1.807, 2.05) is 0 Å². The molecule has 0 spiro atoms. The van der Waals surface area contributed by atoms with Crippen molar-refractivity contribution in [1.29, 1.82) is 0 Å². The molecule has 0 N–H and O–H groups in total. The van der Waals surface area contributed by atoms with Crippen LogP contribution in [0.15, 0.2) is 60.7 Å². The Balaban J connectivity index is 1.93. The second-order valence-electron chi connectivity index (χ2n) is 5.73. The summed E-state index contributed by atoms with van der Waals surface area (Å²) in [5, 5.41) is 0. The summed E-state index contributed by atoms with van der Waals surface area (Å²) in [5.41, 5.74) is 0. The Hall–Kier alpha value is -1.21. The van der Waals surface area contributed by atoms with Crippen LogP contribution in [-0.4, -0.2) is 19.6 Å². The van der Waals surface area contributed by atoms with Crippen molar-refractivity contribution in [2.45, 2.75) is 51.9 Å². The van der Waals surface area contributed by atoms with Crippen LogP contribution in [0.5, 0.6) is 0 Å². The molecule has 0 amide bonds. The van der Waals surface area contributed by atoms with Crippen molar-refractivity contribution in [1.82, 2.24) is 0 Å². The normalized spacial score (nSPS) is 10.3. The number of rotatable bonds is 8. The molecule has 2 rings (SSSR count). The van der Waals surface area contributed by atoms with E-state index in [1.165, 1.54) is 45.7 Å². The van der Waals surface area contributed by atoms with Crippen LogP contribution in [0.4, 0.5) is 0 Å². The first-order chi connectivity index (χ1) is 11.4. The number of hydrogen-bond acceptors (Lipinski definition) is 0. The van der Waals surface area contributed by atoms with E-state index in [0.717, 1.165) is 6.42 Å². The summed E-state index contributed by atoms with van der Waals surface area (Å²) >= 11 is -1.73. The van der Waals surface area contributed by atoms with Crippen LogP contribution >= 0.6 is 0 Å². The predicted molar refractivity (Wildman–Crippen MR) is 104 cm³/mol. The zero-order valence-electron chi connectivity index (χ0n) is 14.1. The summed E-state index contributed by atoms with van der Waals surface area (Å²) in [6.45, 7) is 2.27. The van der Waals surface area contributed by atoms with Gasteiger partial charge in [0.1, 0.15) is 0 Å². The summed E-state index contributed by atoms with van der Waals surface area (Å²) in [6, 6.07) is 21.8. The average molecular weight is 419 g/mol. The van der Waals surface area contributed by atoms with Crippen LogP contribution in [0.3, 0.4) is 0 Å². The third-order valence-electron chi connectivity index (χ3n) is 3.79. The van der Waals surface area contributed by atoms with E-state index < -0.39 is 19.6 Å². The zero-order chi connectivity index (χ0) is 16.2. The second kappa shape index (κ2) is 11.3. The van der Waals surface area contributed by atoms with Crippen LogP contribution in [0.25, 0.3) is 0 Å². The number of hydrogen-bond donors (Lipinski definition) is 0. The molecular formula is C22H27Te+. The van der Waals surface area contributed by atoms with Gasteiger partial charge in [-0.25, -0.2) is 0 Å². The summed E-state index contributed by atoms with van der Waals surface area (Å²) in [5.74, 6) is 3.50. The van der Waals surface area contributed by atoms with E-state index >= 15 is 0 Å². The molecule has 2 aromatic carbocycles. The van der Waals surface area contributed by atoms with Crippen molar-refractivity contribution in [2.24, 2.45) is 0 Å². The maximum absolute atomic E-state index is 3.67. The van der Waals surface area contributed by atoms with Gasteiger partial charge >= 0.3 is 149 Å². The Labute approximate surface area is 149 Å². The molecule has 1 heteroatoms. The quantitative estimate of drug-likeness (QED) is 0.334. The standard InChI is InChI=1S/C22H27Te/c1-2-3-4-5-6-7-8-15-20-23(21-16-11-9-12-17-21)22-18-13-10-14-19-22/h9-14,16-19H,2-8H2,1H3/q+1. The zero-order valence-corrected chi connectivity index (χ0v) is 16.5. The van der Waals surface area contributed by atoms with Crippen LogP contribution in [0.2, 0.25) is 0 Å². The van der Waals surface area contributed by atoms with Crippen molar-refractivity contribution in [3.63, 3.8) is 0 Å². The number of benzene rings is 2.